The first-order valence-corrected chi connectivity index (χ1v) is 10.3. The van der Waals surface area contributed by atoms with Crippen LogP contribution in [0, 0.1) is 5.82 Å². The van der Waals surface area contributed by atoms with E-state index in [1.807, 2.05) is 0 Å². The zero-order valence-electron chi connectivity index (χ0n) is 16.6. The number of carbonyl (C=O) groups is 1. The Morgan fingerprint density at radius 3 is 2.69 bits per heavy atom. The molecule has 4 aromatic rings. The van der Waals surface area contributed by atoms with Gasteiger partial charge in [-0.25, -0.2) is 4.39 Å². The number of nitrogens with one attached hydrogen (secondary N) is 1. The van der Waals surface area contributed by atoms with Gasteiger partial charge in [0.15, 0.2) is 0 Å². The van der Waals surface area contributed by atoms with Crippen molar-refractivity contribution in [2.75, 3.05) is 5.32 Å². The summed E-state index contributed by atoms with van der Waals surface area (Å²) in [4.78, 5) is 16.7. The minimum atomic E-state index is -0.381. The molecule has 9 heteroatoms. The molecular formula is C23H17Cl2FN4O2. The highest BCUT2D eigenvalue weighted by Gasteiger charge is 2.11. The largest absolute Gasteiger partial charge is 0.487 e. The number of amides is 1. The summed E-state index contributed by atoms with van der Waals surface area (Å²) in [6.45, 7) is 0.645. The van der Waals surface area contributed by atoms with E-state index in [2.05, 4.69) is 15.4 Å². The summed E-state index contributed by atoms with van der Waals surface area (Å²) in [6, 6.07) is 14.5. The fraction of sp³-hybridized carbons (Fsp3) is 0.0870. The summed E-state index contributed by atoms with van der Waals surface area (Å²) >= 11 is 12.1. The summed E-state index contributed by atoms with van der Waals surface area (Å²) in [5.74, 6) is -0.220. The highest BCUT2D eigenvalue weighted by molar-refractivity contribution is 6.34. The van der Waals surface area contributed by atoms with Crippen LogP contribution in [0.3, 0.4) is 0 Å². The van der Waals surface area contributed by atoms with Crippen LogP contribution < -0.4 is 10.1 Å². The number of nitrogens with zero attached hydrogens (tertiary/aromatic N) is 3. The van der Waals surface area contributed by atoms with E-state index in [-0.39, 0.29) is 24.0 Å². The van der Waals surface area contributed by atoms with Crippen LogP contribution in [0.2, 0.25) is 10.0 Å². The molecule has 2 heterocycles. The van der Waals surface area contributed by atoms with E-state index in [9.17, 15) is 9.18 Å². The fourth-order valence-corrected chi connectivity index (χ4v) is 3.26. The van der Waals surface area contributed by atoms with Crippen LogP contribution in [0.25, 0.3) is 0 Å². The Kier molecular flexibility index (Phi) is 6.68. The Labute approximate surface area is 193 Å². The predicted octanol–water partition coefficient (Wildman–Crippen LogP) is 5.60. The van der Waals surface area contributed by atoms with Gasteiger partial charge in [-0.1, -0.05) is 35.3 Å². The SMILES string of the molecule is O=C(Nc1cnn(Cc2ccc(F)cc2)c1)c1cc(COc2cc(Cl)ccc2Cl)ccn1. The molecule has 0 unspecified atom stereocenters. The first-order valence-electron chi connectivity index (χ1n) is 9.57. The molecule has 0 saturated heterocycles. The maximum absolute atomic E-state index is 13.0. The molecule has 0 saturated carbocycles. The van der Waals surface area contributed by atoms with Crippen molar-refractivity contribution >= 4 is 34.8 Å². The molecule has 2 aromatic heterocycles. The number of hydrogen-bond donors (Lipinski definition) is 1. The molecule has 0 bridgehead atoms. The van der Waals surface area contributed by atoms with E-state index < -0.39 is 0 Å². The van der Waals surface area contributed by atoms with Crippen molar-refractivity contribution in [3.8, 4) is 5.75 Å². The second-order valence-corrected chi connectivity index (χ2v) is 7.76. The van der Waals surface area contributed by atoms with Crippen molar-refractivity contribution in [1.29, 1.82) is 0 Å². The third kappa shape index (κ3) is 5.63. The van der Waals surface area contributed by atoms with Crippen molar-refractivity contribution in [2.45, 2.75) is 13.2 Å². The highest BCUT2D eigenvalue weighted by atomic mass is 35.5. The lowest BCUT2D eigenvalue weighted by atomic mass is 10.2. The second-order valence-electron chi connectivity index (χ2n) is 6.92. The highest BCUT2D eigenvalue weighted by Crippen LogP contribution is 2.28. The van der Waals surface area contributed by atoms with E-state index in [1.54, 1.807) is 53.3 Å². The minimum Gasteiger partial charge on any atom is -0.487 e. The lowest BCUT2D eigenvalue weighted by Crippen LogP contribution is -2.14. The Bertz CT molecular complexity index is 1240. The topological polar surface area (TPSA) is 69.0 Å². The molecule has 0 fully saturated rings. The van der Waals surface area contributed by atoms with Gasteiger partial charge in [-0.05, 0) is 47.5 Å². The van der Waals surface area contributed by atoms with Crippen molar-refractivity contribution in [3.05, 3.63) is 106 Å². The molecule has 0 spiro atoms. The van der Waals surface area contributed by atoms with Crippen molar-refractivity contribution in [2.24, 2.45) is 0 Å². The van der Waals surface area contributed by atoms with Gasteiger partial charge >= 0.3 is 0 Å². The van der Waals surface area contributed by atoms with E-state index in [1.165, 1.54) is 24.5 Å². The summed E-state index contributed by atoms with van der Waals surface area (Å²) in [7, 11) is 0. The van der Waals surface area contributed by atoms with Gasteiger partial charge in [-0.15, -0.1) is 0 Å². The zero-order chi connectivity index (χ0) is 22.5. The molecule has 2 aromatic carbocycles. The minimum absolute atomic E-state index is 0.193. The number of halogens is 3. The van der Waals surface area contributed by atoms with Gasteiger partial charge in [-0.3, -0.25) is 14.5 Å². The van der Waals surface area contributed by atoms with E-state index >= 15 is 0 Å². The van der Waals surface area contributed by atoms with Crippen LogP contribution in [0.15, 0.2) is 73.2 Å². The number of carbonyl (C=O) groups excluding carboxylic acids is 1. The van der Waals surface area contributed by atoms with Crippen molar-refractivity contribution in [1.82, 2.24) is 14.8 Å². The molecule has 0 radical (unpaired) electrons. The standard InChI is InChI=1S/C23H17Cl2FN4O2/c24-17-3-6-20(25)22(10-17)32-14-16-7-8-27-21(9-16)23(31)29-19-11-28-30(13-19)12-15-1-4-18(26)5-2-15/h1-11,13H,12,14H2,(H,29,31). The lowest BCUT2D eigenvalue weighted by molar-refractivity contribution is 0.102. The predicted molar refractivity (Wildman–Crippen MR) is 121 cm³/mol. The second kappa shape index (κ2) is 9.80. The Morgan fingerprint density at radius 1 is 1.06 bits per heavy atom. The number of ether oxygens (including phenoxy) is 1. The number of rotatable bonds is 7. The van der Waals surface area contributed by atoms with Crippen LogP contribution in [0.4, 0.5) is 10.1 Å². The average molecular weight is 471 g/mol. The average Bonchev–Trinajstić information content (AvgIpc) is 3.23. The molecule has 0 atom stereocenters. The molecule has 32 heavy (non-hydrogen) atoms. The van der Waals surface area contributed by atoms with Gasteiger partial charge in [-0.2, -0.15) is 5.10 Å². The summed E-state index contributed by atoms with van der Waals surface area (Å²) < 4.78 is 20.4. The Hall–Kier alpha value is -3.42. The van der Waals surface area contributed by atoms with Gasteiger partial charge < -0.3 is 10.1 Å². The number of benzene rings is 2. The molecule has 1 amide bonds. The molecule has 162 valence electrons. The van der Waals surface area contributed by atoms with Crippen LogP contribution >= 0.6 is 23.2 Å². The molecule has 0 aliphatic rings. The first kappa shape index (κ1) is 21.8. The molecule has 0 aliphatic heterocycles. The first-order chi connectivity index (χ1) is 15.5. The Morgan fingerprint density at radius 2 is 1.88 bits per heavy atom. The summed E-state index contributed by atoms with van der Waals surface area (Å²) in [5, 5.41) is 7.94. The van der Waals surface area contributed by atoms with E-state index in [0.717, 1.165) is 11.1 Å². The molecule has 1 N–H and O–H groups in total. The van der Waals surface area contributed by atoms with Gasteiger partial charge in [0.25, 0.3) is 5.91 Å². The molecule has 0 aliphatic carbocycles. The molecule has 4 rings (SSSR count). The fourth-order valence-electron chi connectivity index (χ4n) is 2.92. The molecule has 6 nitrogen and oxygen atoms in total. The van der Waals surface area contributed by atoms with Crippen molar-refractivity contribution < 1.29 is 13.9 Å². The van der Waals surface area contributed by atoms with Gasteiger partial charge in [0, 0.05) is 23.5 Å². The van der Waals surface area contributed by atoms with E-state index in [0.29, 0.717) is 28.0 Å². The van der Waals surface area contributed by atoms with E-state index in [4.69, 9.17) is 27.9 Å². The number of anilines is 1. The third-order valence-electron chi connectivity index (χ3n) is 4.49. The smallest absolute Gasteiger partial charge is 0.274 e. The zero-order valence-corrected chi connectivity index (χ0v) is 18.1. The van der Waals surface area contributed by atoms with Crippen LogP contribution in [0.1, 0.15) is 21.6 Å². The van der Waals surface area contributed by atoms with Crippen LogP contribution in [-0.2, 0) is 13.2 Å². The number of hydrogen-bond acceptors (Lipinski definition) is 4. The van der Waals surface area contributed by atoms with Crippen LogP contribution in [0.5, 0.6) is 5.75 Å². The van der Waals surface area contributed by atoms with Gasteiger partial charge in [0.1, 0.15) is 23.9 Å². The molecular weight excluding hydrogens is 454 g/mol. The normalized spacial score (nSPS) is 10.7. The maximum Gasteiger partial charge on any atom is 0.274 e. The van der Waals surface area contributed by atoms with Crippen molar-refractivity contribution in [3.63, 3.8) is 0 Å². The lowest BCUT2D eigenvalue weighted by Gasteiger charge is -2.09. The quantitative estimate of drug-likeness (QED) is 0.381. The third-order valence-corrected chi connectivity index (χ3v) is 5.04. The van der Waals surface area contributed by atoms with Gasteiger partial charge in [0.05, 0.1) is 23.5 Å². The van der Waals surface area contributed by atoms with Gasteiger partial charge in [0.2, 0.25) is 0 Å². The monoisotopic (exact) mass is 470 g/mol. The Balaban J connectivity index is 1.38. The summed E-state index contributed by atoms with van der Waals surface area (Å²) in [5.41, 5.74) is 2.38. The maximum atomic E-state index is 13.0. The van der Waals surface area contributed by atoms with Crippen LogP contribution in [-0.4, -0.2) is 20.7 Å². The number of pyridine rings is 1. The number of aromatic nitrogens is 3. The summed E-state index contributed by atoms with van der Waals surface area (Å²) in [6.07, 6.45) is 4.76.